The van der Waals surface area contributed by atoms with Crippen molar-refractivity contribution in [3.05, 3.63) is 59.9 Å². The number of anilines is 1. The highest BCUT2D eigenvalue weighted by molar-refractivity contribution is 7.99. The molecule has 2 aromatic carbocycles. The zero-order chi connectivity index (χ0) is 17.6. The molecule has 0 aliphatic carbocycles. The second-order valence-electron chi connectivity index (χ2n) is 4.80. The van der Waals surface area contributed by atoms with Gasteiger partial charge in [-0.25, -0.2) is 9.18 Å². The van der Waals surface area contributed by atoms with Gasteiger partial charge in [0.15, 0.2) is 0 Å². The van der Waals surface area contributed by atoms with E-state index in [1.165, 1.54) is 30.3 Å². The Kier molecular flexibility index (Phi) is 6.08. The van der Waals surface area contributed by atoms with Gasteiger partial charge in [-0.1, -0.05) is 30.3 Å². The van der Waals surface area contributed by atoms with Crippen LogP contribution in [-0.4, -0.2) is 18.0 Å². The lowest BCUT2D eigenvalue weighted by molar-refractivity contribution is -0.105. The topological polar surface area (TPSA) is 41.1 Å². The average Bonchev–Trinajstić information content (AvgIpc) is 2.52. The number of carbonyl (C=O) groups excluding carboxylic acids is 1. The van der Waals surface area contributed by atoms with Crippen molar-refractivity contribution in [3.63, 3.8) is 0 Å². The van der Waals surface area contributed by atoms with Gasteiger partial charge in [-0.3, -0.25) is 0 Å². The van der Waals surface area contributed by atoms with Gasteiger partial charge in [0.25, 0.3) is 0 Å². The number of alkyl halides is 3. The number of thioether (sulfide) groups is 1. The van der Waals surface area contributed by atoms with Crippen LogP contribution in [0.4, 0.5) is 28.0 Å². The van der Waals surface area contributed by atoms with Crippen LogP contribution < -0.4 is 10.6 Å². The summed E-state index contributed by atoms with van der Waals surface area (Å²) in [5, 5.41) is 4.94. The minimum absolute atomic E-state index is 0.0314. The number of carbonyl (C=O) groups is 1. The Morgan fingerprint density at radius 1 is 1.04 bits per heavy atom. The molecule has 24 heavy (non-hydrogen) atoms. The van der Waals surface area contributed by atoms with E-state index in [4.69, 9.17) is 0 Å². The largest absolute Gasteiger partial charge is 0.398 e. The highest BCUT2D eigenvalue weighted by atomic mass is 32.2. The number of rotatable bonds is 5. The third-order valence-electron chi connectivity index (χ3n) is 2.92. The van der Waals surface area contributed by atoms with Crippen LogP contribution in [0.25, 0.3) is 0 Å². The quantitative estimate of drug-likeness (QED) is 0.595. The molecule has 0 saturated heterocycles. The molecule has 8 heteroatoms. The van der Waals surface area contributed by atoms with Crippen LogP contribution >= 0.6 is 11.8 Å². The monoisotopic (exact) mass is 358 g/mol. The molecule has 0 fully saturated rings. The van der Waals surface area contributed by atoms with Crippen molar-refractivity contribution in [2.24, 2.45) is 0 Å². The number of nitrogens with one attached hydrogen (secondary N) is 2. The molecule has 2 N–H and O–H groups in total. The minimum Gasteiger partial charge on any atom is -0.334 e. The van der Waals surface area contributed by atoms with Gasteiger partial charge in [-0.05, 0) is 18.2 Å². The molecule has 0 atom stereocenters. The van der Waals surface area contributed by atoms with Crippen molar-refractivity contribution < 1.29 is 22.4 Å². The van der Waals surface area contributed by atoms with E-state index < -0.39 is 23.8 Å². The maximum Gasteiger partial charge on any atom is 0.398 e. The van der Waals surface area contributed by atoms with Crippen LogP contribution in [0, 0.1) is 5.82 Å². The second-order valence-corrected chi connectivity index (χ2v) is 5.82. The summed E-state index contributed by atoms with van der Waals surface area (Å²) in [5.41, 5.74) is 0.574. The first-order valence-electron chi connectivity index (χ1n) is 6.92. The maximum atomic E-state index is 13.5. The predicted molar refractivity (Wildman–Crippen MR) is 85.5 cm³/mol. The smallest absolute Gasteiger partial charge is 0.334 e. The van der Waals surface area contributed by atoms with Crippen LogP contribution in [0.1, 0.15) is 5.56 Å². The SMILES string of the molecule is O=C(NCc1ccccc1F)Nc1ccccc1SCC(F)(F)F. The molecule has 0 radical (unpaired) electrons. The van der Waals surface area contributed by atoms with E-state index in [0.29, 0.717) is 22.2 Å². The van der Waals surface area contributed by atoms with Crippen LogP contribution in [0.2, 0.25) is 0 Å². The van der Waals surface area contributed by atoms with Crippen LogP contribution in [0.3, 0.4) is 0 Å². The lowest BCUT2D eigenvalue weighted by Gasteiger charge is -2.12. The number of urea groups is 1. The van der Waals surface area contributed by atoms with Gasteiger partial charge in [0, 0.05) is 17.0 Å². The summed E-state index contributed by atoms with van der Waals surface area (Å²) in [6.45, 7) is -0.0314. The summed E-state index contributed by atoms with van der Waals surface area (Å²) in [5.74, 6) is -1.50. The van der Waals surface area contributed by atoms with Crippen molar-refractivity contribution in [2.45, 2.75) is 17.6 Å². The summed E-state index contributed by atoms with van der Waals surface area (Å²) in [6.07, 6.45) is -4.30. The van der Waals surface area contributed by atoms with Gasteiger partial charge in [0.2, 0.25) is 0 Å². The average molecular weight is 358 g/mol. The molecule has 0 unspecified atom stereocenters. The molecule has 2 rings (SSSR count). The maximum absolute atomic E-state index is 13.5. The Labute approximate surface area is 140 Å². The molecular weight excluding hydrogens is 344 g/mol. The summed E-state index contributed by atoms with van der Waals surface area (Å²) in [7, 11) is 0. The molecule has 0 aromatic heterocycles. The summed E-state index contributed by atoms with van der Waals surface area (Å²) in [6, 6.07) is 11.5. The van der Waals surface area contributed by atoms with E-state index in [1.54, 1.807) is 18.2 Å². The molecule has 2 amide bonds. The summed E-state index contributed by atoms with van der Waals surface area (Å²) < 4.78 is 50.4. The van der Waals surface area contributed by atoms with Gasteiger partial charge in [0.05, 0.1) is 11.4 Å². The molecule has 0 saturated carbocycles. The standard InChI is InChI=1S/C16H14F4N2OS/c17-12-6-2-1-5-11(12)9-21-15(23)22-13-7-3-4-8-14(13)24-10-16(18,19)20/h1-8H,9-10H2,(H2,21,22,23). The molecule has 3 nitrogen and oxygen atoms in total. The number of halogens is 4. The fourth-order valence-corrected chi connectivity index (χ4v) is 2.61. The first kappa shape index (κ1) is 18.1. The van der Waals surface area contributed by atoms with Crippen LogP contribution in [0.15, 0.2) is 53.4 Å². The second kappa shape index (κ2) is 8.05. The lowest BCUT2D eigenvalue weighted by atomic mass is 10.2. The fourth-order valence-electron chi connectivity index (χ4n) is 1.84. The van der Waals surface area contributed by atoms with Crippen molar-refractivity contribution >= 4 is 23.5 Å². The lowest BCUT2D eigenvalue weighted by Crippen LogP contribution is -2.28. The van der Waals surface area contributed by atoms with Crippen molar-refractivity contribution in [1.29, 1.82) is 0 Å². The van der Waals surface area contributed by atoms with Crippen molar-refractivity contribution in [3.8, 4) is 0 Å². The Balaban J connectivity index is 1.95. The van der Waals surface area contributed by atoms with E-state index in [1.807, 2.05) is 0 Å². The predicted octanol–water partition coefficient (Wildman–Crippen LogP) is 4.80. The Morgan fingerprint density at radius 2 is 1.71 bits per heavy atom. The molecular formula is C16H14F4N2OS. The zero-order valence-electron chi connectivity index (χ0n) is 12.4. The Morgan fingerprint density at radius 3 is 2.42 bits per heavy atom. The number of benzene rings is 2. The van der Waals surface area contributed by atoms with Gasteiger partial charge in [0.1, 0.15) is 5.82 Å². The Bertz CT molecular complexity index is 706. The first-order valence-corrected chi connectivity index (χ1v) is 7.90. The van der Waals surface area contributed by atoms with Gasteiger partial charge in [-0.15, -0.1) is 11.8 Å². The number of para-hydroxylation sites is 1. The van der Waals surface area contributed by atoms with E-state index in [2.05, 4.69) is 10.6 Å². The number of hydrogen-bond acceptors (Lipinski definition) is 2. The highest BCUT2D eigenvalue weighted by Gasteiger charge is 2.27. The molecule has 0 aliphatic rings. The van der Waals surface area contributed by atoms with E-state index in [9.17, 15) is 22.4 Å². The zero-order valence-corrected chi connectivity index (χ0v) is 13.2. The van der Waals surface area contributed by atoms with E-state index >= 15 is 0 Å². The molecule has 0 spiro atoms. The molecule has 0 bridgehead atoms. The number of amides is 2. The highest BCUT2D eigenvalue weighted by Crippen LogP contribution is 2.32. The third kappa shape index (κ3) is 5.77. The summed E-state index contributed by atoms with van der Waals surface area (Å²) >= 11 is 0.585. The molecule has 2 aromatic rings. The van der Waals surface area contributed by atoms with Gasteiger partial charge >= 0.3 is 12.2 Å². The molecule has 0 aliphatic heterocycles. The normalized spacial score (nSPS) is 11.2. The van der Waals surface area contributed by atoms with Gasteiger partial charge in [-0.2, -0.15) is 13.2 Å². The van der Waals surface area contributed by atoms with Gasteiger partial charge < -0.3 is 10.6 Å². The third-order valence-corrected chi connectivity index (χ3v) is 4.06. The minimum atomic E-state index is -4.30. The van der Waals surface area contributed by atoms with Crippen LogP contribution in [-0.2, 0) is 6.54 Å². The van der Waals surface area contributed by atoms with Crippen molar-refractivity contribution in [2.75, 3.05) is 11.1 Å². The first-order chi connectivity index (χ1) is 11.3. The molecule has 0 heterocycles. The van der Waals surface area contributed by atoms with Crippen molar-refractivity contribution in [1.82, 2.24) is 5.32 Å². The fraction of sp³-hybridized carbons (Fsp3) is 0.188. The van der Waals surface area contributed by atoms with E-state index in [0.717, 1.165) is 0 Å². The number of hydrogen-bond donors (Lipinski definition) is 2. The summed E-state index contributed by atoms with van der Waals surface area (Å²) in [4.78, 5) is 12.2. The Hall–Kier alpha value is -2.22. The van der Waals surface area contributed by atoms with E-state index in [-0.39, 0.29) is 12.2 Å². The van der Waals surface area contributed by atoms with Crippen LogP contribution in [0.5, 0.6) is 0 Å². The molecule has 128 valence electrons.